The van der Waals surface area contributed by atoms with Gasteiger partial charge in [0, 0.05) is 38.4 Å². The van der Waals surface area contributed by atoms with E-state index in [0.29, 0.717) is 18.4 Å². The van der Waals surface area contributed by atoms with Crippen molar-refractivity contribution in [3.8, 4) is 0 Å². The first-order valence-corrected chi connectivity index (χ1v) is 10.8. The lowest BCUT2D eigenvalue weighted by molar-refractivity contribution is 0.0639. The number of ether oxygens (including phenoxy) is 1. The van der Waals surface area contributed by atoms with E-state index in [1.54, 1.807) is 0 Å². The minimum absolute atomic E-state index is 0.0919. The van der Waals surface area contributed by atoms with Crippen LogP contribution in [0.5, 0.6) is 0 Å². The third-order valence-electron chi connectivity index (χ3n) is 7.11. The van der Waals surface area contributed by atoms with Gasteiger partial charge < -0.3 is 19.9 Å². The van der Waals surface area contributed by atoms with Gasteiger partial charge in [0.1, 0.15) is 0 Å². The second-order valence-corrected chi connectivity index (χ2v) is 8.71. The van der Waals surface area contributed by atoms with E-state index >= 15 is 0 Å². The lowest BCUT2D eigenvalue weighted by Gasteiger charge is -2.33. The van der Waals surface area contributed by atoms with E-state index in [2.05, 4.69) is 28.4 Å². The summed E-state index contributed by atoms with van der Waals surface area (Å²) in [4.78, 5) is 17.3. The minimum atomic E-state index is -0.0919. The molecule has 1 saturated carbocycles. The van der Waals surface area contributed by atoms with Crippen LogP contribution in [0, 0.1) is 5.92 Å². The molecule has 1 aromatic rings. The third kappa shape index (κ3) is 3.31. The number of fused-ring (bicyclic) bond motifs is 5. The highest BCUT2D eigenvalue weighted by Crippen LogP contribution is 2.50. The molecule has 1 N–H and O–H groups in total. The molecule has 5 heteroatoms. The molecular formula is C22H31N3O2. The zero-order valence-electron chi connectivity index (χ0n) is 16.2. The molecule has 5 nitrogen and oxygen atoms in total. The maximum atomic E-state index is 12.8. The summed E-state index contributed by atoms with van der Waals surface area (Å²) in [6.45, 7) is 5.64. The molecule has 2 atom stereocenters. The van der Waals surface area contributed by atoms with Crippen LogP contribution in [0.15, 0.2) is 18.2 Å². The van der Waals surface area contributed by atoms with Crippen molar-refractivity contribution in [1.82, 2.24) is 10.2 Å². The van der Waals surface area contributed by atoms with Gasteiger partial charge in [-0.15, -0.1) is 0 Å². The van der Waals surface area contributed by atoms with Gasteiger partial charge in [-0.2, -0.15) is 0 Å². The largest absolute Gasteiger partial charge is 0.449 e. The normalized spacial score (nSPS) is 27.7. The molecule has 5 rings (SSSR count). The number of nitrogens with one attached hydrogen (secondary N) is 1. The fourth-order valence-corrected chi connectivity index (χ4v) is 5.55. The highest BCUT2D eigenvalue weighted by molar-refractivity contribution is 5.70. The summed E-state index contributed by atoms with van der Waals surface area (Å²) in [6.07, 6.45) is 7.06. The number of nitrogens with zero attached hydrogens (tertiary/aromatic N) is 2. The number of likely N-dealkylation sites (tertiary alicyclic amines) is 1. The second-order valence-electron chi connectivity index (χ2n) is 8.71. The van der Waals surface area contributed by atoms with Crippen molar-refractivity contribution in [3.05, 3.63) is 29.3 Å². The molecule has 2 unspecified atom stereocenters. The summed E-state index contributed by atoms with van der Waals surface area (Å²) in [5.74, 6) is 1.20. The highest BCUT2D eigenvalue weighted by Gasteiger charge is 2.41. The van der Waals surface area contributed by atoms with Crippen molar-refractivity contribution in [2.75, 3.05) is 44.2 Å². The SMILES string of the molecule is O=C(OCC1CCCC1)N1CCC2CC1c1cc(N3CCNCC3)ccc12. The average molecular weight is 370 g/mol. The first-order valence-electron chi connectivity index (χ1n) is 10.8. The molecule has 27 heavy (non-hydrogen) atoms. The van der Waals surface area contributed by atoms with Gasteiger partial charge in [-0.05, 0) is 60.8 Å². The second kappa shape index (κ2) is 7.34. The molecule has 1 aromatic carbocycles. The standard InChI is InChI=1S/C22H31N3O2/c26-22(27-15-16-3-1-2-4-16)25-10-7-17-13-21(25)20-14-18(5-6-19(17)20)24-11-8-23-9-12-24/h5-6,14,16-17,21,23H,1-4,7-13,15H2. The number of amides is 1. The fourth-order valence-electron chi connectivity index (χ4n) is 5.55. The Morgan fingerprint density at radius 2 is 1.89 bits per heavy atom. The van der Waals surface area contributed by atoms with Gasteiger partial charge in [0.25, 0.3) is 0 Å². The zero-order valence-corrected chi connectivity index (χ0v) is 16.2. The lowest BCUT2D eigenvalue weighted by Crippen LogP contribution is -2.43. The molecular weight excluding hydrogens is 338 g/mol. The van der Waals surface area contributed by atoms with E-state index in [1.165, 1.54) is 42.5 Å². The Kier molecular flexibility index (Phi) is 4.72. The first-order chi connectivity index (χ1) is 13.3. The summed E-state index contributed by atoms with van der Waals surface area (Å²) in [6, 6.07) is 7.17. The third-order valence-corrected chi connectivity index (χ3v) is 7.11. The summed E-state index contributed by atoms with van der Waals surface area (Å²) in [7, 11) is 0. The lowest BCUT2D eigenvalue weighted by atomic mass is 9.96. The maximum Gasteiger partial charge on any atom is 0.410 e. The quantitative estimate of drug-likeness (QED) is 0.883. The molecule has 2 aliphatic carbocycles. The molecule has 0 aromatic heterocycles. The van der Waals surface area contributed by atoms with Crippen molar-refractivity contribution in [1.29, 1.82) is 0 Å². The predicted molar refractivity (Wildman–Crippen MR) is 106 cm³/mol. The average Bonchev–Trinajstić information content (AvgIpc) is 3.34. The monoisotopic (exact) mass is 369 g/mol. The number of hydrogen-bond acceptors (Lipinski definition) is 4. The molecule has 146 valence electrons. The summed E-state index contributed by atoms with van der Waals surface area (Å²) in [5, 5.41) is 3.42. The molecule has 2 bridgehead atoms. The number of anilines is 1. The van der Waals surface area contributed by atoms with Gasteiger partial charge in [-0.25, -0.2) is 4.79 Å². The van der Waals surface area contributed by atoms with E-state index in [4.69, 9.17) is 4.74 Å². The van der Waals surface area contributed by atoms with Gasteiger partial charge in [0.05, 0.1) is 12.6 Å². The molecule has 3 fully saturated rings. The zero-order chi connectivity index (χ0) is 18.2. The number of benzene rings is 1. The topological polar surface area (TPSA) is 44.8 Å². The molecule has 2 heterocycles. The number of piperidine rings is 1. The van der Waals surface area contributed by atoms with Crippen molar-refractivity contribution in [3.63, 3.8) is 0 Å². The summed E-state index contributed by atoms with van der Waals surface area (Å²) in [5.41, 5.74) is 4.14. The number of piperazine rings is 1. The van der Waals surface area contributed by atoms with Gasteiger partial charge in [0.15, 0.2) is 0 Å². The van der Waals surface area contributed by atoms with E-state index in [1.807, 2.05) is 4.90 Å². The van der Waals surface area contributed by atoms with E-state index in [-0.39, 0.29) is 12.1 Å². The van der Waals surface area contributed by atoms with Crippen LogP contribution in [0.2, 0.25) is 0 Å². The van der Waals surface area contributed by atoms with Crippen molar-refractivity contribution in [2.45, 2.75) is 50.5 Å². The van der Waals surface area contributed by atoms with Gasteiger partial charge in [-0.3, -0.25) is 0 Å². The van der Waals surface area contributed by atoms with Gasteiger partial charge >= 0.3 is 6.09 Å². The molecule has 0 radical (unpaired) electrons. The minimum Gasteiger partial charge on any atom is -0.449 e. The van der Waals surface area contributed by atoms with E-state index < -0.39 is 0 Å². The van der Waals surface area contributed by atoms with Crippen molar-refractivity contribution in [2.24, 2.45) is 5.92 Å². The smallest absolute Gasteiger partial charge is 0.410 e. The Labute approximate surface area is 162 Å². The van der Waals surface area contributed by atoms with Gasteiger partial charge in [-0.1, -0.05) is 18.9 Å². The molecule has 2 saturated heterocycles. The van der Waals surface area contributed by atoms with Crippen LogP contribution in [-0.4, -0.2) is 50.3 Å². The Hall–Kier alpha value is -1.75. The van der Waals surface area contributed by atoms with Crippen molar-refractivity contribution >= 4 is 11.8 Å². The van der Waals surface area contributed by atoms with Crippen LogP contribution < -0.4 is 10.2 Å². The van der Waals surface area contributed by atoms with Crippen LogP contribution in [0.1, 0.15) is 61.6 Å². The maximum absolute atomic E-state index is 12.8. The fraction of sp³-hybridized carbons (Fsp3) is 0.682. The Morgan fingerprint density at radius 1 is 1.07 bits per heavy atom. The molecule has 1 amide bonds. The van der Waals surface area contributed by atoms with Crippen LogP contribution >= 0.6 is 0 Å². The predicted octanol–water partition coefficient (Wildman–Crippen LogP) is 3.66. The number of rotatable bonds is 3. The summed E-state index contributed by atoms with van der Waals surface area (Å²) < 4.78 is 5.75. The number of carbonyl (C=O) groups excluding carboxylic acids is 1. The van der Waals surface area contributed by atoms with Crippen molar-refractivity contribution < 1.29 is 9.53 Å². The highest BCUT2D eigenvalue weighted by atomic mass is 16.6. The Morgan fingerprint density at radius 3 is 2.70 bits per heavy atom. The van der Waals surface area contributed by atoms with Gasteiger partial charge in [0.2, 0.25) is 0 Å². The summed E-state index contributed by atoms with van der Waals surface area (Å²) >= 11 is 0. The van der Waals surface area contributed by atoms with E-state index in [9.17, 15) is 4.79 Å². The number of hydrogen-bond donors (Lipinski definition) is 1. The van der Waals surface area contributed by atoms with Crippen LogP contribution in [-0.2, 0) is 4.74 Å². The van der Waals surface area contributed by atoms with Crippen LogP contribution in [0.25, 0.3) is 0 Å². The van der Waals surface area contributed by atoms with Crippen LogP contribution in [0.3, 0.4) is 0 Å². The molecule has 4 aliphatic rings. The first kappa shape index (κ1) is 17.4. The Balaban J connectivity index is 1.32. The Bertz CT molecular complexity index is 695. The molecule has 2 aliphatic heterocycles. The van der Waals surface area contributed by atoms with E-state index in [0.717, 1.165) is 45.6 Å². The van der Waals surface area contributed by atoms with Crippen LogP contribution in [0.4, 0.5) is 10.5 Å². The molecule has 0 spiro atoms. The number of carbonyl (C=O) groups is 1.